The van der Waals surface area contributed by atoms with E-state index in [9.17, 15) is 23.3 Å². The summed E-state index contributed by atoms with van der Waals surface area (Å²) in [4.78, 5) is 9.86. The molecule has 0 aliphatic heterocycles. The Balaban J connectivity index is 3.21. The first-order valence-corrected chi connectivity index (χ1v) is 5.70. The Hall–Kier alpha value is -2.52. The minimum atomic E-state index is -4.71. The fourth-order valence-corrected chi connectivity index (χ4v) is 1.51. The average Bonchev–Trinajstić information content (AvgIpc) is 2.42. The molecule has 21 heavy (non-hydrogen) atoms. The van der Waals surface area contributed by atoms with Crippen LogP contribution in [0.25, 0.3) is 0 Å². The minimum absolute atomic E-state index is 0.202. The third-order valence-electron chi connectivity index (χ3n) is 2.57. The van der Waals surface area contributed by atoms with E-state index in [1.54, 1.807) is 6.92 Å². The number of halogens is 3. The topological polar surface area (TPSA) is 111 Å². The Labute approximate surface area is 117 Å². The quantitative estimate of drug-likeness (QED) is 0.285. The van der Waals surface area contributed by atoms with E-state index < -0.39 is 34.2 Å². The predicted molar refractivity (Wildman–Crippen MR) is 66.2 cm³/mol. The van der Waals surface area contributed by atoms with Gasteiger partial charge in [-0.05, 0) is 18.6 Å². The van der Waals surface area contributed by atoms with Crippen molar-refractivity contribution in [1.29, 1.82) is 0 Å². The summed E-state index contributed by atoms with van der Waals surface area (Å²) in [5, 5.41) is 22.1. The zero-order valence-corrected chi connectivity index (χ0v) is 10.8. The second-order valence-corrected chi connectivity index (χ2v) is 3.98. The summed E-state index contributed by atoms with van der Waals surface area (Å²) in [7, 11) is 0. The number of oxime groups is 1. The van der Waals surface area contributed by atoms with Crippen molar-refractivity contribution < 1.29 is 28.0 Å². The van der Waals surface area contributed by atoms with E-state index in [2.05, 4.69) is 5.16 Å². The highest BCUT2D eigenvalue weighted by molar-refractivity contribution is 5.84. The van der Waals surface area contributed by atoms with Gasteiger partial charge in [0.05, 0.1) is 10.5 Å². The second-order valence-electron chi connectivity index (χ2n) is 3.98. The summed E-state index contributed by atoms with van der Waals surface area (Å²) < 4.78 is 42.8. The summed E-state index contributed by atoms with van der Waals surface area (Å²) >= 11 is 0. The van der Waals surface area contributed by atoms with Crippen molar-refractivity contribution in [2.24, 2.45) is 10.9 Å². The van der Waals surface area contributed by atoms with Gasteiger partial charge in [0.2, 0.25) is 0 Å². The van der Waals surface area contributed by atoms with Crippen LogP contribution < -0.4 is 10.5 Å². The summed E-state index contributed by atoms with van der Waals surface area (Å²) in [6.07, 6.45) is -5.50. The zero-order valence-electron chi connectivity index (χ0n) is 10.8. The van der Waals surface area contributed by atoms with Gasteiger partial charge in [0.15, 0.2) is 17.7 Å². The van der Waals surface area contributed by atoms with Crippen LogP contribution in [0.5, 0.6) is 5.75 Å². The number of rotatable bonds is 5. The molecule has 1 unspecified atom stereocenters. The number of nitrogens with zero attached hydrogens (tertiary/aromatic N) is 2. The molecule has 116 valence electrons. The fraction of sp³-hybridized carbons (Fsp3) is 0.364. The Kier molecular flexibility index (Phi) is 4.95. The van der Waals surface area contributed by atoms with Gasteiger partial charge < -0.3 is 15.7 Å². The number of nitrogens with two attached hydrogens (primary N) is 1. The van der Waals surface area contributed by atoms with Crippen LogP contribution in [-0.2, 0) is 6.18 Å². The zero-order chi connectivity index (χ0) is 16.2. The van der Waals surface area contributed by atoms with E-state index in [1.807, 2.05) is 0 Å². The van der Waals surface area contributed by atoms with Crippen LogP contribution in [-0.4, -0.2) is 22.1 Å². The standard InChI is InChI=1S/C11H12F3N3O4/c1-2-8(10(15)16-18)21-9-4-3-6(11(12,13)14)5-7(9)17(19)20/h3-5,8,18H,2H2,1H3,(H2,15,16). The van der Waals surface area contributed by atoms with Crippen LogP contribution in [0.4, 0.5) is 18.9 Å². The van der Waals surface area contributed by atoms with Crippen LogP contribution >= 0.6 is 0 Å². The number of hydrogen-bond donors (Lipinski definition) is 2. The molecule has 0 aliphatic carbocycles. The number of nitro groups is 1. The van der Waals surface area contributed by atoms with Gasteiger partial charge >= 0.3 is 11.9 Å². The van der Waals surface area contributed by atoms with Gasteiger partial charge in [-0.2, -0.15) is 13.2 Å². The smallest absolute Gasteiger partial charge is 0.416 e. The fourth-order valence-electron chi connectivity index (χ4n) is 1.51. The molecule has 1 atom stereocenters. The van der Waals surface area contributed by atoms with Crippen molar-refractivity contribution in [1.82, 2.24) is 0 Å². The molecule has 0 heterocycles. The summed E-state index contributed by atoms with van der Waals surface area (Å²) in [5.41, 5.74) is 3.31. The molecule has 0 saturated carbocycles. The molecular weight excluding hydrogens is 295 g/mol. The molecule has 10 heteroatoms. The molecule has 1 rings (SSSR count). The molecule has 1 aromatic carbocycles. The molecule has 0 aromatic heterocycles. The number of nitro benzene ring substituents is 1. The lowest BCUT2D eigenvalue weighted by Gasteiger charge is -2.16. The van der Waals surface area contributed by atoms with E-state index >= 15 is 0 Å². The average molecular weight is 307 g/mol. The van der Waals surface area contributed by atoms with E-state index in [4.69, 9.17) is 15.7 Å². The molecule has 0 bridgehead atoms. The Bertz CT molecular complexity index is 560. The number of hydrogen-bond acceptors (Lipinski definition) is 5. The van der Waals surface area contributed by atoms with Gasteiger partial charge in [-0.3, -0.25) is 10.1 Å². The minimum Gasteiger partial charge on any atom is -0.475 e. The lowest BCUT2D eigenvalue weighted by Crippen LogP contribution is -2.33. The highest BCUT2D eigenvalue weighted by Crippen LogP contribution is 2.36. The SMILES string of the molecule is CCC(Oc1ccc(C(F)(F)F)cc1[N+](=O)[O-])/C(N)=N/O. The van der Waals surface area contributed by atoms with Crippen LogP contribution in [0.2, 0.25) is 0 Å². The molecule has 7 nitrogen and oxygen atoms in total. The van der Waals surface area contributed by atoms with Crippen LogP contribution in [0.15, 0.2) is 23.4 Å². The predicted octanol–water partition coefficient (Wildman–Crippen LogP) is 2.52. The molecule has 0 spiro atoms. The van der Waals surface area contributed by atoms with Crippen molar-refractivity contribution in [3.8, 4) is 5.75 Å². The molecule has 0 aliphatic rings. The number of ether oxygens (including phenoxy) is 1. The first kappa shape index (κ1) is 16.5. The third kappa shape index (κ3) is 3.97. The highest BCUT2D eigenvalue weighted by Gasteiger charge is 2.33. The van der Waals surface area contributed by atoms with E-state index in [-0.39, 0.29) is 12.3 Å². The van der Waals surface area contributed by atoms with E-state index in [0.717, 1.165) is 6.07 Å². The van der Waals surface area contributed by atoms with Crippen molar-refractivity contribution in [3.63, 3.8) is 0 Å². The van der Waals surface area contributed by atoms with Crippen LogP contribution in [0.3, 0.4) is 0 Å². The lowest BCUT2D eigenvalue weighted by molar-refractivity contribution is -0.386. The monoisotopic (exact) mass is 307 g/mol. The Morgan fingerprint density at radius 2 is 2.19 bits per heavy atom. The maximum absolute atomic E-state index is 12.5. The van der Waals surface area contributed by atoms with Gasteiger partial charge in [0, 0.05) is 6.07 Å². The maximum Gasteiger partial charge on any atom is 0.416 e. The summed E-state index contributed by atoms with van der Waals surface area (Å²) in [6, 6.07) is 1.85. The van der Waals surface area contributed by atoms with Crippen molar-refractivity contribution in [2.75, 3.05) is 0 Å². The third-order valence-corrected chi connectivity index (χ3v) is 2.57. The molecule has 3 N–H and O–H groups in total. The van der Waals surface area contributed by atoms with E-state index in [1.165, 1.54) is 0 Å². The first-order valence-electron chi connectivity index (χ1n) is 5.70. The Morgan fingerprint density at radius 1 is 1.57 bits per heavy atom. The van der Waals surface area contributed by atoms with Crippen LogP contribution in [0, 0.1) is 10.1 Å². The number of alkyl halides is 3. The van der Waals surface area contributed by atoms with Crippen molar-refractivity contribution >= 4 is 11.5 Å². The molecule has 1 aromatic rings. The van der Waals surface area contributed by atoms with Gasteiger partial charge in [-0.25, -0.2) is 0 Å². The Morgan fingerprint density at radius 3 is 2.62 bits per heavy atom. The number of benzene rings is 1. The summed E-state index contributed by atoms with van der Waals surface area (Å²) in [6.45, 7) is 1.60. The molecular formula is C11H12F3N3O4. The molecule has 0 saturated heterocycles. The number of amidine groups is 1. The first-order chi connectivity index (χ1) is 9.70. The summed E-state index contributed by atoms with van der Waals surface area (Å²) in [5.74, 6) is -0.738. The second kappa shape index (κ2) is 6.29. The molecule has 0 fully saturated rings. The maximum atomic E-state index is 12.5. The van der Waals surface area contributed by atoms with Crippen LogP contribution in [0.1, 0.15) is 18.9 Å². The van der Waals surface area contributed by atoms with Gasteiger partial charge in [-0.15, -0.1) is 0 Å². The highest BCUT2D eigenvalue weighted by atomic mass is 19.4. The molecule has 0 radical (unpaired) electrons. The van der Waals surface area contributed by atoms with Gasteiger partial charge in [-0.1, -0.05) is 12.1 Å². The molecule has 0 amide bonds. The largest absolute Gasteiger partial charge is 0.475 e. The van der Waals surface area contributed by atoms with Crippen molar-refractivity contribution in [3.05, 3.63) is 33.9 Å². The lowest BCUT2D eigenvalue weighted by atomic mass is 10.1. The van der Waals surface area contributed by atoms with Crippen molar-refractivity contribution in [2.45, 2.75) is 25.6 Å². The normalized spacial score (nSPS) is 13.8. The van der Waals surface area contributed by atoms with Gasteiger partial charge in [0.1, 0.15) is 0 Å². The van der Waals surface area contributed by atoms with Gasteiger partial charge in [0.25, 0.3) is 0 Å². The van der Waals surface area contributed by atoms with E-state index in [0.29, 0.717) is 12.1 Å².